The van der Waals surface area contributed by atoms with Gasteiger partial charge in [-0.2, -0.15) is 4.79 Å². The Morgan fingerprint density at radius 2 is 1.23 bits per heavy atom. The number of carbonyl (C=O) groups excluding carboxylic acids is 2. The van der Waals surface area contributed by atoms with Crippen LogP contribution >= 0.6 is 23.2 Å². The molecule has 1 amide bonds. The fraction of sp³-hybridized carbons (Fsp3) is 0.739. The molecule has 1 aromatic rings. The molecule has 2 aliphatic carbocycles. The van der Waals surface area contributed by atoms with E-state index in [1.165, 1.54) is 24.3 Å². The SMILES string of the molecule is C.CNC.CO[C@H]1C([C@]2(C)O[C@@H]2/C=C/C(C)C)[C@]2(CC[C@H]1OC(=O)Oc1ccc([N+](=O)[O-])cc1)CO2.CO[C@H]1C([C@]2(C)O[C@@H]2/C=C/C(C)C)[C@]2(CC[C@H]1OC(=O)[NH+](C)C)CO2.ClCCl. The lowest BCUT2D eigenvalue weighted by Gasteiger charge is -2.42. The summed E-state index contributed by atoms with van der Waals surface area (Å²) in [6.45, 7) is 14.1. The van der Waals surface area contributed by atoms with E-state index in [2.05, 4.69) is 71.2 Å². The van der Waals surface area contributed by atoms with Crippen molar-refractivity contribution in [1.29, 1.82) is 0 Å². The Balaban J connectivity index is 0.000000306. The van der Waals surface area contributed by atoms with Gasteiger partial charge < -0.3 is 47.9 Å². The number of nitrogens with one attached hydrogen (secondary N) is 2. The van der Waals surface area contributed by atoms with E-state index in [0.717, 1.165) is 25.9 Å². The number of benzene rings is 1. The fourth-order valence-corrected chi connectivity index (χ4v) is 9.02. The van der Waals surface area contributed by atoms with Crippen LogP contribution in [0, 0.1) is 33.8 Å². The zero-order valence-electron chi connectivity index (χ0n) is 38.9. The van der Waals surface area contributed by atoms with Crippen LogP contribution in [0.5, 0.6) is 5.75 Å². The van der Waals surface area contributed by atoms with Gasteiger partial charge in [-0.05, 0) is 77.6 Å². The molecule has 6 aliphatic rings. The first-order chi connectivity index (χ1) is 29.7. The molecule has 0 radical (unpaired) electrons. The summed E-state index contributed by atoms with van der Waals surface area (Å²) in [6, 6.07) is 5.24. The van der Waals surface area contributed by atoms with Gasteiger partial charge in [-0.15, -0.1) is 23.2 Å². The molecule has 18 heteroatoms. The number of nitro groups is 1. The number of rotatable bonds is 12. The smallest absolute Gasteiger partial charge is 0.428 e. The first kappa shape index (κ1) is 55.4. The van der Waals surface area contributed by atoms with E-state index in [1.54, 1.807) is 28.3 Å². The van der Waals surface area contributed by atoms with Crippen molar-refractivity contribution in [3.05, 3.63) is 58.7 Å². The van der Waals surface area contributed by atoms with Gasteiger partial charge >= 0.3 is 12.2 Å². The number of quaternary nitrogens is 1. The van der Waals surface area contributed by atoms with Crippen LogP contribution in [0.2, 0.25) is 0 Å². The normalized spacial score (nSPS) is 35.3. The number of alkyl halides is 2. The number of carbonyl (C=O) groups is 2. The Morgan fingerprint density at radius 3 is 1.56 bits per heavy atom. The molecule has 64 heavy (non-hydrogen) atoms. The second-order valence-corrected chi connectivity index (χ2v) is 19.0. The van der Waals surface area contributed by atoms with Crippen LogP contribution in [0.15, 0.2) is 48.6 Å². The summed E-state index contributed by atoms with van der Waals surface area (Å²) in [5.41, 5.74) is -1.40. The van der Waals surface area contributed by atoms with E-state index in [1.807, 2.05) is 14.1 Å². The third-order valence-corrected chi connectivity index (χ3v) is 12.3. The molecule has 4 aliphatic heterocycles. The topological polar surface area (TPSA) is 190 Å². The number of amides is 1. The molecule has 2 spiro atoms. The van der Waals surface area contributed by atoms with Crippen molar-refractivity contribution in [3.63, 3.8) is 0 Å². The Bertz CT molecular complexity index is 1720. The highest BCUT2D eigenvalue weighted by Gasteiger charge is 2.73. The fourth-order valence-electron chi connectivity index (χ4n) is 9.02. The predicted octanol–water partition coefficient (Wildman–Crippen LogP) is 7.14. The number of alkyl carbamates (subject to hydrolysis) is 2. The molecule has 1 aromatic carbocycles. The molecule has 0 aromatic heterocycles. The monoisotopic (exact) mass is 946 g/mol. The van der Waals surface area contributed by atoms with Crippen LogP contribution in [0.3, 0.4) is 0 Å². The summed E-state index contributed by atoms with van der Waals surface area (Å²) in [6.07, 6.45) is 8.93. The minimum Gasteiger partial charge on any atom is -0.428 e. The van der Waals surface area contributed by atoms with Crippen molar-refractivity contribution in [2.45, 2.75) is 134 Å². The van der Waals surface area contributed by atoms with Gasteiger partial charge in [0, 0.05) is 26.4 Å². The van der Waals surface area contributed by atoms with Crippen molar-refractivity contribution in [1.82, 2.24) is 5.32 Å². The first-order valence-electron chi connectivity index (χ1n) is 21.6. The molecule has 6 fully saturated rings. The molecular formula is C46H74Cl2N3O13+. The van der Waals surface area contributed by atoms with Crippen LogP contribution in [-0.2, 0) is 37.9 Å². The maximum absolute atomic E-state index is 12.4. The van der Waals surface area contributed by atoms with Gasteiger partial charge in [0.1, 0.15) is 64.8 Å². The zero-order chi connectivity index (χ0) is 46.9. The van der Waals surface area contributed by atoms with Gasteiger partial charge in [0.15, 0.2) is 0 Å². The standard InChI is InChI=1S/C23H29NO8.C19H31NO5.C2H7N.CH2Cl2.CH4/c1-14(2)5-10-18-22(3,32-18)20-19(28-4)17(11-12-23(20)13-29-23)31-21(25)30-16-8-6-15(7-9-16)24(26)27;1-12(2)7-8-14-18(3,25-14)16-15(22-6)13(24-17(21)20(4)5)9-10-19(16)11-23-19;1-3-2;2-1-3;/h5-10,14,17-20H,11-13H2,1-4H3;7-8,12-16H,9-11H2,1-6H3;3H,1-2H3;1H2;1H4/p+1/b10-5+;8-7+;;;/t17-,18-,19-,20?,22-,23+;13-,14-,15-,16?,18-,19+;;;/m11.../s1. The lowest BCUT2D eigenvalue weighted by molar-refractivity contribution is -0.779. The van der Waals surface area contributed by atoms with Crippen LogP contribution < -0.4 is 15.0 Å². The van der Waals surface area contributed by atoms with Gasteiger partial charge in [-0.25, -0.2) is 9.69 Å². The van der Waals surface area contributed by atoms with E-state index in [4.69, 9.17) is 65.8 Å². The predicted molar refractivity (Wildman–Crippen MR) is 244 cm³/mol. The highest BCUT2D eigenvalue weighted by Crippen LogP contribution is 2.60. The minimum absolute atomic E-state index is 0. The summed E-state index contributed by atoms with van der Waals surface area (Å²) in [4.78, 5) is 35.4. The number of nitro benzene ring substituents is 1. The molecule has 2 saturated carbocycles. The number of methoxy groups -OCH3 is 2. The van der Waals surface area contributed by atoms with Gasteiger partial charge in [-0.3, -0.25) is 10.1 Å². The maximum atomic E-state index is 12.4. The molecule has 0 bridgehead atoms. The van der Waals surface area contributed by atoms with Gasteiger partial charge in [0.05, 0.1) is 49.4 Å². The largest absolute Gasteiger partial charge is 0.514 e. The number of ether oxygens (including phenoxy) is 9. The Morgan fingerprint density at radius 1 is 0.844 bits per heavy atom. The Hall–Kier alpha value is -2.90. The number of non-ortho nitro benzene ring substituents is 1. The van der Waals surface area contributed by atoms with Crippen LogP contribution in [-0.4, -0.2) is 137 Å². The minimum atomic E-state index is -0.879. The van der Waals surface area contributed by atoms with Gasteiger partial charge in [0.2, 0.25) is 0 Å². The van der Waals surface area contributed by atoms with Gasteiger partial charge in [0.25, 0.3) is 5.69 Å². The van der Waals surface area contributed by atoms with Crippen molar-refractivity contribution in [3.8, 4) is 5.75 Å². The van der Waals surface area contributed by atoms with Crippen molar-refractivity contribution < 1.29 is 62.0 Å². The van der Waals surface area contributed by atoms with Crippen LogP contribution in [0.4, 0.5) is 15.3 Å². The molecule has 7 rings (SSSR count). The summed E-state index contributed by atoms with van der Waals surface area (Å²) < 4.78 is 52.3. The molecular weight excluding hydrogens is 873 g/mol. The summed E-state index contributed by atoms with van der Waals surface area (Å²) in [5.74, 6) is 1.02. The number of epoxide rings is 4. The van der Waals surface area contributed by atoms with E-state index in [-0.39, 0.29) is 83.4 Å². The first-order valence-corrected chi connectivity index (χ1v) is 22.7. The van der Waals surface area contributed by atoms with E-state index in [9.17, 15) is 19.7 Å². The average Bonchev–Trinajstić information content (AvgIpc) is 4.11. The lowest BCUT2D eigenvalue weighted by Crippen LogP contribution is -3.08. The molecule has 16 nitrogen and oxygen atoms in total. The van der Waals surface area contributed by atoms with Crippen molar-refractivity contribution in [2.24, 2.45) is 23.7 Å². The van der Waals surface area contributed by atoms with E-state index < -0.39 is 28.9 Å². The number of nitrogens with zero attached hydrogens (tertiary/aromatic N) is 1. The molecule has 4 heterocycles. The summed E-state index contributed by atoms with van der Waals surface area (Å²) in [7, 11) is 10.6. The van der Waals surface area contributed by atoms with Crippen LogP contribution in [0.25, 0.3) is 0 Å². The summed E-state index contributed by atoms with van der Waals surface area (Å²) in [5, 5.41) is 13.7. The van der Waals surface area contributed by atoms with E-state index in [0.29, 0.717) is 29.8 Å². The van der Waals surface area contributed by atoms with E-state index >= 15 is 0 Å². The van der Waals surface area contributed by atoms with Crippen molar-refractivity contribution >= 4 is 41.1 Å². The molecule has 2 N–H and O–H groups in total. The molecule has 364 valence electrons. The second-order valence-electron chi connectivity index (χ2n) is 18.1. The van der Waals surface area contributed by atoms with Crippen molar-refractivity contribution in [2.75, 3.05) is 61.0 Å². The number of hydrogen-bond acceptors (Lipinski definition) is 14. The molecule has 2 unspecified atom stereocenters. The zero-order valence-corrected chi connectivity index (χ0v) is 40.4. The summed E-state index contributed by atoms with van der Waals surface area (Å²) >= 11 is 9.53. The third-order valence-electron chi connectivity index (χ3n) is 12.3. The average molecular weight is 948 g/mol. The number of halogens is 2. The Kier molecular flexibility index (Phi) is 20.5. The lowest BCUT2D eigenvalue weighted by atomic mass is 9.68. The molecule has 4 saturated heterocycles. The van der Waals surface area contributed by atoms with Crippen LogP contribution in [0.1, 0.15) is 74.7 Å². The number of allylic oxidation sites excluding steroid dienone is 2. The highest BCUT2D eigenvalue weighted by molar-refractivity contribution is 6.40. The second kappa shape index (κ2) is 23.7. The maximum Gasteiger partial charge on any atom is 0.514 e. The Labute approximate surface area is 390 Å². The third kappa shape index (κ3) is 13.6. The number of hydrogen-bond donors (Lipinski definition) is 2. The van der Waals surface area contributed by atoms with Gasteiger partial charge in [-0.1, -0.05) is 59.4 Å². The highest BCUT2D eigenvalue weighted by atomic mass is 35.5. The quantitative estimate of drug-likeness (QED) is 0.0409. The molecule has 12 atom stereocenters.